The molecule has 0 bridgehead atoms. The van der Waals surface area contributed by atoms with E-state index in [4.69, 9.17) is 9.47 Å². The number of rotatable bonds is 28. The van der Waals surface area contributed by atoms with Crippen molar-refractivity contribution in [3.05, 3.63) is 24.3 Å². The van der Waals surface area contributed by atoms with Crippen LogP contribution >= 0.6 is 23.1 Å². The highest BCUT2D eigenvalue weighted by molar-refractivity contribution is 8.01. The fourth-order valence-electron chi connectivity index (χ4n) is 5.21. The molecule has 244 valence electrons. The molecule has 5 nitrogen and oxygen atoms in total. The van der Waals surface area contributed by atoms with E-state index in [1.165, 1.54) is 114 Å². The summed E-state index contributed by atoms with van der Waals surface area (Å²) in [7, 11) is 0. The molecule has 0 amide bonds. The monoisotopic (exact) mass is 633 g/mol. The number of hydrogen-bond acceptors (Lipinski definition) is 7. The predicted molar refractivity (Wildman–Crippen MR) is 184 cm³/mol. The van der Waals surface area contributed by atoms with Crippen molar-refractivity contribution >= 4 is 45.3 Å². The van der Waals surface area contributed by atoms with Gasteiger partial charge in [0.2, 0.25) is 0 Å². The van der Waals surface area contributed by atoms with E-state index < -0.39 is 5.92 Å². The van der Waals surface area contributed by atoms with E-state index in [2.05, 4.69) is 24.9 Å². The van der Waals surface area contributed by atoms with Crippen molar-refractivity contribution in [2.24, 2.45) is 5.92 Å². The van der Waals surface area contributed by atoms with Crippen LogP contribution in [0.1, 0.15) is 149 Å². The number of thiazole rings is 1. The quantitative estimate of drug-likeness (QED) is 0.0528. The number of para-hydroxylation sites is 1. The molecule has 1 aromatic carbocycles. The molecule has 7 heteroatoms. The van der Waals surface area contributed by atoms with Gasteiger partial charge < -0.3 is 9.47 Å². The maximum atomic E-state index is 13.0. The van der Waals surface area contributed by atoms with E-state index >= 15 is 0 Å². The van der Waals surface area contributed by atoms with Gasteiger partial charge in [0.25, 0.3) is 0 Å². The van der Waals surface area contributed by atoms with Crippen LogP contribution in [0.25, 0.3) is 10.2 Å². The Morgan fingerprint density at radius 3 is 1.72 bits per heavy atom. The van der Waals surface area contributed by atoms with Crippen molar-refractivity contribution in [3.8, 4) is 0 Å². The van der Waals surface area contributed by atoms with E-state index in [0.29, 0.717) is 19.0 Å². The molecular weight excluding hydrogens is 575 g/mol. The number of esters is 2. The second-order valence-corrected chi connectivity index (χ2v) is 14.2. The number of aromatic nitrogens is 1. The first-order valence-electron chi connectivity index (χ1n) is 17.4. The van der Waals surface area contributed by atoms with Crippen molar-refractivity contribution in [1.29, 1.82) is 0 Å². The van der Waals surface area contributed by atoms with Crippen molar-refractivity contribution in [2.75, 3.05) is 19.0 Å². The average molecular weight is 634 g/mol. The standard InChI is InChI=1S/C36H59NO4S2/c1-3-5-7-9-11-13-15-17-19-23-27-40-34(38)29-31(30-42-36-37-32-25-21-22-26-33(32)43-36)35(39)41-28-24-20-18-16-14-12-10-8-6-4-2/h21-22,25-26,31H,3-20,23-24,27-30H2,1-2H3. The molecule has 0 fully saturated rings. The van der Waals surface area contributed by atoms with Gasteiger partial charge in [-0.1, -0.05) is 153 Å². The molecule has 2 rings (SSSR count). The Morgan fingerprint density at radius 1 is 0.698 bits per heavy atom. The van der Waals surface area contributed by atoms with E-state index in [1.807, 2.05) is 18.2 Å². The zero-order chi connectivity index (χ0) is 30.8. The molecule has 1 heterocycles. The second kappa shape index (κ2) is 25.7. The number of thioether (sulfide) groups is 1. The molecule has 43 heavy (non-hydrogen) atoms. The van der Waals surface area contributed by atoms with Gasteiger partial charge in [-0.25, -0.2) is 4.98 Å². The highest BCUT2D eigenvalue weighted by Gasteiger charge is 2.25. The summed E-state index contributed by atoms with van der Waals surface area (Å²) in [5, 5.41) is 0. The number of unbranched alkanes of at least 4 members (excludes halogenated alkanes) is 18. The van der Waals surface area contributed by atoms with E-state index in [0.717, 1.165) is 40.2 Å². The van der Waals surface area contributed by atoms with Crippen LogP contribution in [-0.2, 0) is 19.1 Å². The molecular formula is C36H59NO4S2. The summed E-state index contributed by atoms with van der Waals surface area (Å²) >= 11 is 3.15. The Labute approximate surface area is 270 Å². The van der Waals surface area contributed by atoms with Gasteiger partial charge in [0.1, 0.15) is 0 Å². The van der Waals surface area contributed by atoms with Crippen LogP contribution in [0.5, 0.6) is 0 Å². The van der Waals surface area contributed by atoms with Gasteiger partial charge in [0, 0.05) is 5.75 Å². The van der Waals surface area contributed by atoms with Crippen molar-refractivity contribution in [3.63, 3.8) is 0 Å². The lowest BCUT2D eigenvalue weighted by Crippen LogP contribution is -2.24. The number of carbonyl (C=O) groups excluding carboxylic acids is 2. The normalized spacial score (nSPS) is 12.0. The van der Waals surface area contributed by atoms with Crippen LogP contribution in [0.15, 0.2) is 28.6 Å². The Balaban J connectivity index is 1.67. The van der Waals surface area contributed by atoms with Crippen molar-refractivity contribution in [2.45, 2.75) is 153 Å². The lowest BCUT2D eigenvalue weighted by molar-refractivity contribution is -0.154. The molecule has 0 N–H and O–H groups in total. The summed E-state index contributed by atoms with van der Waals surface area (Å²) in [6, 6.07) is 8.04. The van der Waals surface area contributed by atoms with Crippen LogP contribution in [0.4, 0.5) is 0 Å². The van der Waals surface area contributed by atoms with Gasteiger partial charge in [-0.15, -0.1) is 11.3 Å². The first-order valence-corrected chi connectivity index (χ1v) is 19.2. The summed E-state index contributed by atoms with van der Waals surface area (Å²) in [5.41, 5.74) is 0.964. The summed E-state index contributed by atoms with van der Waals surface area (Å²) in [4.78, 5) is 30.4. The molecule has 1 atom stereocenters. The van der Waals surface area contributed by atoms with Gasteiger partial charge >= 0.3 is 11.9 Å². The molecule has 1 unspecified atom stereocenters. The Hall–Kier alpha value is -1.60. The van der Waals surface area contributed by atoms with Gasteiger partial charge in [-0.05, 0) is 25.0 Å². The molecule has 0 radical (unpaired) electrons. The number of benzene rings is 1. The maximum Gasteiger partial charge on any atom is 0.310 e. The van der Waals surface area contributed by atoms with Crippen molar-refractivity contribution < 1.29 is 19.1 Å². The van der Waals surface area contributed by atoms with Crippen LogP contribution in [0, 0.1) is 5.92 Å². The summed E-state index contributed by atoms with van der Waals surface area (Å²) in [6.07, 6.45) is 24.9. The van der Waals surface area contributed by atoms with Gasteiger partial charge in [-0.2, -0.15) is 0 Å². The van der Waals surface area contributed by atoms with E-state index in [1.54, 1.807) is 11.3 Å². The van der Waals surface area contributed by atoms with Crippen LogP contribution in [-0.4, -0.2) is 35.9 Å². The first kappa shape index (κ1) is 37.6. The number of carbonyl (C=O) groups is 2. The average Bonchev–Trinajstić information content (AvgIpc) is 3.43. The summed E-state index contributed by atoms with van der Waals surface area (Å²) in [5.74, 6) is -0.660. The molecule has 0 aliphatic rings. The highest BCUT2D eigenvalue weighted by Crippen LogP contribution is 2.31. The third-order valence-corrected chi connectivity index (χ3v) is 10.3. The van der Waals surface area contributed by atoms with Crippen molar-refractivity contribution in [1.82, 2.24) is 4.98 Å². The Kier molecular flexibility index (Phi) is 22.5. The minimum absolute atomic E-state index is 0.0620. The van der Waals surface area contributed by atoms with Crippen LogP contribution in [0.3, 0.4) is 0 Å². The summed E-state index contributed by atoms with van der Waals surface area (Å²) < 4.78 is 13.2. The maximum absolute atomic E-state index is 13.0. The molecule has 0 saturated carbocycles. The molecule has 1 aromatic heterocycles. The third-order valence-electron chi connectivity index (χ3n) is 7.93. The summed E-state index contributed by atoms with van der Waals surface area (Å²) in [6.45, 7) is 5.36. The fourth-order valence-corrected chi connectivity index (χ4v) is 7.38. The molecule has 0 saturated heterocycles. The van der Waals surface area contributed by atoms with Gasteiger partial charge in [0.05, 0.1) is 35.8 Å². The molecule has 0 spiro atoms. The third kappa shape index (κ3) is 18.7. The molecule has 0 aliphatic carbocycles. The molecule has 0 aliphatic heterocycles. The topological polar surface area (TPSA) is 65.5 Å². The fraction of sp³-hybridized carbons (Fsp3) is 0.750. The zero-order valence-corrected chi connectivity index (χ0v) is 28.9. The smallest absolute Gasteiger partial charge is 0.310 e. The number of fused-ring (bicyclic) bond motifs is 1. The van der Waals surface area contributed by atoms with Crippen LogP contribution < -0.4 is 0 Å². The number of hydrogen-bond donors (Lipinski definition) is 0. The number of nitrogens with zero attached hydrogens (tertiary/aromatic N) is 1. The van der Waals surface area contributed by atoms with Gasteiger partial charge in [-0.3, -0.25) is 9.59 Å². The zero-order valence-electron chi connectivity index (χ0n) is 27.3. The largest absolute Gasteiger partial charge is 0.466 e. The predicted octanol–water partition coefficient (Wildman–Crippen LogP) is 11.3. The van der Waals surface area contributed by atoms with Crippen LogP contribution in [0.2, 0.25) is 0 Å². The lowest BCUT2D eigenvalue weighted by Gasteiger charge is -2.15. The number of ether oxygens (including phenoxy) is 2. The van der Waals surface area contributed by atoms with E-state index in [-0.39, 0.29) is 18.4 Å². The second-order valence-electron chi connectivity index (χ2n) is 11.9. The SMILES string of the molecule is CCCCCCCCCCCCOC(=O)CC(CSc1nc2ccccc2s1)C(=O)OCCCCCCCCCCCC. The first-order chi connectivity index (χ1) is 21.1. The minimum atomic E-state index is -0.527. The lowest BCUT2D eigenvalue weighted by atomic mass is 10.1. The van der Waals surface area contributed by atoms with E-state index in [9.17, 15) is 9.59 Å². The van der Waals surface area contributed by atoms with Gasteiger partial charge in [0.15, 0.2) is 4.34 Å². The minimum Gasteiger partial charge on any atom is -0.466 e. The Bertz CT molecular complexity index is 946. The Morgan fingerprint density at radius 2 is 1.19 bits per heavy atom. The highest BCUT2D eigenvalue weighted by atomic mass is 32.2. The molecule has 2 aromatic rings.